The Morgan fingerprint density at radius 3 is 2.50 bits per heavy atom. The number of carbonyl (C=O) groups is 1. The molecule has 15 heteroatoms. The summed E-state index contributed by atoms with van der Waals surface area (Å²) in [5.41, 5.74) is 3.33. The van der Waals surface area contributed by atoms with Gasteiger partial charge >= 0.3 is 18.3 Å². The number of nitrogens with zero attached hydrogens (tertiary/aromatic N) is 6. The van der Waals surface area contributed by atoms with Crippen molar-refractivity contribution in [2.24, 2.45) is 11.3 Å². The molecule has 0 unspecified atom stereocenters. The summed E-state index contributed by atoms with van der Waals surface area (Å²) >= 11 is 0. The number of aryl methyl sites for hydroxylation is 1. The maximum atomic E-state index is 14.0. The minimum Gasteiger partial charge on any atom is -0.481 e. The molecule has 2 N–H and O–H groups in total. The number of H-pyrrole nitrogens is 1. The zero-order chi connectivity index (χ0) is 37.6. The average molecular weight is 750 g/mol. The van der Waals surface area contributed by atoms with Crippen LogP contribution in [0.2, 0.25) is 0 Å². The van der Waals surface area contributed by atoms with E-state index in [0.717, 1.165) is 87.8 Å². The standard InChI is InChI=1S/C39H46F3N7O5/c1-3-26-18-28-33(34(53-23-39(40,41)42)32(26)31-24(2)4-5-30-29(31)19-43-46-30)44-36(54-27-6-12-47(13-7-27)20-25-8-16-52-17-9-25)45-35(28)48-14-10-38(11-15-48)21-49(22-38)37(50)51/h3-5,18-19,25,27H,1,6-17,20-23H2,2H3,(H,43,46)(H,50,51). The molecule has 4 saturated heterocycles. The monoisotopic (exact) mass is 749 g/mol. The van der Waals surface area contributed by atoms with E-state index >= 15 is 0 Å². The summed E-state index contributed by atoms with van der Waals surface area (Å²) in [5, 5.41) is 17.9. The number of carboxylic acid groups (broad SMARTS) is 1. The van der Waals surface area contributed by atoms with Crippen LogP contribution in [0.3, 0.4) is 0 Å². The fourth-order valence-electron chi connectivity index (χ4n) is 8.75. The lowest BCUT2D eigenvalue weighted by Gasteiger charge is -2.53. The molecule has 4 aliphatic heterocycles. The van der Waals surface area contributed by atoms with Gasteiger partial charge in [-0.05, 0) is 80.2 Å². The largest absolute Gasteiger partial charge is 0.481 e. The number of fused-ring (bicyclic) bond motifs is 2. The third-order valence-electron chi connectivity index (χ3n) is 11.7. The Labute approximate surface area is 311 Å². The minimum atomic E-state index is -4.62. The third-order valence-corrected chi connectivity index (χ3v) is 11.7. The number of halogens is 3. The predicted molar refractivity (Wildman–Crippen MR) is 198 cm³/mol. The lowest BCUT2D eigenvalue weighted by molar-refractivity contribution is -0.153. The molecular weight excluding hydrogens is 703 g/mol. The fourth-order valence-corrected chi connectivity index (χ4v) is 8.75. The first kappa shape index (κ1) is 36.4. The normalized spacial score (nSPS) is 20.1. The van der Waals surface area contributed by atoms with Crippen LogP contribution in [0.15, 0.2) is 31.0 Å². The number of aromatic nitrogens is 4. The summed E-state index contributed by atoms with van der Waals surface area (Å²) in [4.78, 5) is 27.4. The lowest BCUT2D eigenvalue weighted by Crippen LogP contribution is -2.61. The highest BCUT2D eigenvalue weighted by molar-refractivity contribution is 6.07. The summed E-state index contributed by atoms with van der Waals surface area (Å²) < 4.78 is 59.9. The molecule has 1 amide bonds. The van der Waals surface area contributed by atoms with Gasteiger partial charge in [-0.15, -0.1) is 0 Å². The number of hydrogen-bond acceptors (Lipinski definition) is 9. The number of anilines is 1. The van der Waals surface area contributed by atoms with E-state index in [2.05, 4.69) is 26.6 Å². The van der Waals surface area contributed by atoms with Crippen molar-refractivity contribution >= 4 is 39.8 Å². The van der Waals surface area contributed by atoms with Gasteiger partial charge in [0.25, 0.3) is 0 Å². The van der Waals surface area contributed by atoms with Crippen LogP contribution in [0, 0.1) is 18.3 Å². The highest BCUT2D eigenvalue weighted by Crippen LogP contribution is 2.48. The summed E-state index contributed by atoms with van der Waals surface area (Å²) in [6.45, 7) is 11.0. The quantitative estimate of drug-likeness (QED) is 0.186. The van der Waals surface area contributed by atoms with Gasteiger partial charge in [-0.2, -0.15) is 28.2 Å². The zero-order valence-electron chi connectivity index (χ0n) is 30.5. The molecule has 54 heavy (non-hydrogen) atoms. The van der Waals surface area contributed by atoms with E-state index < -0.39 is 18.9 Å². The highest BCUT2D eigenvalue weighted by atomic mass is 19.4. The molecule has 288 valence electrons. The van der Waals surface area contributed by atoms with Gasteiger partial charge < -0.3 is 34.0 Å². The van der Waals surface area contributed by atoms with Crippen molar-refractivity contribution in [3.63, 3.8) is 0 Å². The van der Waals surface area contributed by atoms with Crippen LogP contribution in [0.25, 0.3) is 39.0 Å². The summed E-state index contributed by atoms with van der Waals surface area (Å²) in [7, 11) is 0. The Morgan fingerprint density at radius 1 is 1.07 bits per heavy atom. The van der Waals surface area contributed by atoms with E-state index in [9.17, 15) is 23.1 Å². The molecule has 1 spiro atoms. The second kappa shape index (κ2) is 14.5. The number of ether oxygens (including phenoxy) is 3. The smallest absolute Gasteiger partial charge is 0.422 e. The molecular formula is C39H46F3N7O5. The number of likely N-dealkylation sites (tertiary alicyclic amines) is 2. The molecule has 0 radical (unpaired) electrons. The van der Waals surface area contributed by atoms with Gasteiger partial charge in [0.1, 0.15) is 17.4 Å². The van der Waals surface area contributed by atoms with E-state index in [4.69, 9.17) is 24.2 Å². The second-order valence-electron chi connectivity index (χ2n) is 15.4. The maximum absolute atomic E-state index is 14.0. The Balaban J connectivity index is 1.20. The fraction of sp³-hybridized carbons (Fsp3) is 0.538. The summed E-state index contributed by atoms with van der Waals surface area (Å²) in [6.07, 6.45) is 2.75. The Morgan fingerprint density at radius 2 is 1.81 bits per heavy atom. The van der Waals surface area contributed by atoms with E-state index in [1.807, 2.05) is 25.1 Å². The Kier molecular flexibility index (Phi) is 9.79. The van der Waals surface area contributed by atoms with E-state index in [1.165, 1.54) is 4.90 Å². The van der Waals surface area contributed by atoms with Crippen LogP contribution in [0.1, 0.15) is 49.7 Å². The Hall–Kier alpha value is -4.63. The molecule has 0 saturated carbocycles. The van der Waals surface area contributed by atoms with Crippen molar-refractivity contribution in [3.05, 3.63) is 42.1 Å². The summed E-state index contributed by atoms with van der Waals surface area (Å²) in [6, 6.07) is 5.75. The molecule has 8 rings (SSSR count). The number of piperidine rings is 2. The third kappa shape index (κ3) is 7.27. The average Bonchev–Trinajstić information content (AvgIpc) is 3.62. The van der Waals surface area contributed by atoms with Crippen molar-refractivity contribution in [3.8, 4) is 22.9 Å². The van der Waals surface area contributed by atoms with Crippen molar-refractivity contribution in [2.75, 3.05) is 70.5 Å². The Bertz CT molecular complexity index is 2020. The van der Waals surface area contributed by atoms with E-state index in [-0.39, 0.29) is 28.8 Å². The molecule has 0 bridgehead atoms. The second-order valence-corrected chi connectivity index (χ2v) is 15.4. The number of hydrogen-bond donors (Lipinski definition) is 2. The number of alkyl halides is 3. The van der Waals surface area contributed by atoms with Crippen molar-refractivity contribution in [1.82, 2.24) is 30.0 Å². The predicted octanol–water partition coefficient (Wildman–Crippen LogP) is 6.92. The minimum absolute atomic E-state index is 0.0270. The number of nitrogens with one attached hydrogen (secondary N) is 1. The van der Waals surface area contributed by atoms with Crippen LogP contribution >= 0.6 is 0 Å². The van der Waals surface area contributed by atoms with Gasteiger partial charge in [-0.1, -0.05) is 18.7 Å². The van der Waals surface area contributed by atoms with Crippen molar-refractivity contribution < 1.29 is 37.3 Å². The molecule has 2 aromatic carbocycles. The first-order valence-electron chi connectivity index (χ1n) is 18.8. The van der Waals surface area contributed by atoms with Gasteiger partial charge in [0, 0.05) is 80.8 Å². The van der Waals surface area contributed by atoms with E-state index in [0.29, 0.717) is 60.0 Å². The first-order valence-corrected chi connectivity index (χ1v) is 18.8. The molecule has 0 aliphatic carbocycles. The van der Waals surface area contributed by atoms with Crippen LogP contribution in [0.4, 0.5) is 23.8 Å². The van der Waals surface area contributed by atoms with Crippen LogP contribution in [-0.4, -0.2) is 119 Å². The molecule has 4 aliphatic rings. The van der Waals surface area contributed by atoms with Gasteiger partial charge in [0.2, 0.25) is 0 Å². The highest BCUT2D eigenvalue weighted by Gasteiger charge is 2.47. The molecule has 6 heterocycles. The van der Waals surface area contributed by atoms with Gasteiger partial charge in [0.05, 0.1) is 11.7 Å². The van der Waals surface area contributed by atoms with Gasteiger partial charge in [-0.25, -0.2) is 4.79 Å². The molecule has 4 fully saturated rings. The molecule has 4 aromatic rings. The number of amides is 1. The molecule has 2 aromatic heterocycles. The SMILES string of the molecule is C=Cc1cc2c(N3CCC4(CC3)CN(C(=O)O)C4)nc(OC3CCN(CC4CCOCC4)CC3)nc2c(OCC(F)(F)F)c1-c1c(C)ccc2[nH]ncc12. The first-order chi connectivity index (χ1) is 26.0. The molecule has 12 nitrogen and oxygen atoms in total. The zero-order valence-corrected chi connectivity index (χ0v) is 30.5. The van der Waals surface area contributed by atoms with Crippen LogP contribution < -0.4 is 14.4 Å². The van der Waals surface area contributed by atoms with Gasteiger partial charge in [-0.3, -0.25) is 5.10 Å². The van der Waals surface area contributed by atoms with E-state index in [1.54, 1.807) is 12.3 Å². The van der Waals surface area contributed by atoms with Crippen LogP contribution in [0.5, 0.6) is 11.8 Å². The van der Waals surface area contributed by atoms with Gasteiger partial charge in [0.15, 0.2) is 12.4 Å². The summed E-state index contributed by atoms with van der Waals surface area (Å²) in [5.74, 6) is 1.14. The van der Waals surface area contributed by atoms with Crippen LogP contribution in [-0.2, 0) is 4.74 Å². The van der Waals surface area contributed by atoms with Crippen molar-refractivity contribution in [1.29, 1.82) is 0 Å². The number of aromatic amines is 1. The molecule has 0 atom stereocenters. The van der Waals surface area contributed by atoms with Crippen molar-refractivity contribution in [2.45, 2.75) is 57.7 Å². The lowest BCUT2D eigenvalue weighted by atomic mass is 9.72. The maximum Gasteiger partial charge on any atom is 0.422 e. The topological polar surface area (TPSA) is 129 Å². The number of rotatable bonds is 9. The number of benzene rings is 2.